The van der Waals surface area contributed by atoms with Crippen LogP contribution in [0.2, 0.25) is 0 Å². The molecule has 3 aromatic carbocycles. The normalized spacial score (nSPS) is 17.9. The van der Waals surface area contributed by atoms with Crippen molar-refractivity contribution in [3.8, 4) is 0 Å². The highest BCUT2D eigenvalue weighted by atomic mass is 35.5. The highest BCUT2D eigenvalue weighted by Gasteiger charge is 2.25. The van der Waals surface area contributed by atoms with Gasteiger partial charge in [-0.2, -0.15) is 0 Å². The first-order chi connectivity index (χ1) is 18.7. The minimum atomic E-state index is -0.316. The maximum absolute atomic E-state index is 12.4. The summed E-state index contributed by atoms with van der Waals surface area (Å²) in [5, 5.41) is 6.52. The number of ether oxygens (including phenoxy) is 4. The average Bonchev–Trinajstić information content (AvgIpc) is 2.96. The van der Waals surface area contributed by atoms with Crippen molar-refractivity contribution < 1.29 is 23.7 Å². The van der Waals surface area contributed by atoms with Crippen molar-refractivity contribution >= 4 is 29.1 Å². The van der Waals surface area contributed by atoms with Gasteiger partial charge in [-0.15, -0.1) is 12.4 Å². The number of nitrogens with one attached hydrogen (secondary N) is 1. The van der Waals surface area contributed by atoms with E-state index in [9.17, 15) is 4.79 Å². The van der Waals surface area contributed by atoms with E-state index in [1.165, 1.54) is 41.2 Å². The van der Waals surface area contributed by atoms with Gasteiger partial charge in [0.1, 0.15) is 6.61 Å². The predicted octanol–water partition coefficient (Wildman–Crippen LogP) is 6.48. The molecule has 7 heteroatoms. The highest BCUT2D eigenvalue weighted by Crippen LogP contribution is 2.34. The summed E-state index contributed by atoms with van der Waals surface area (Å²) in [5.41, 5.74) is 3.23. The van der Waals surface area contributed by atoms with Crippen molar-refractivity contribution in [2.45, 2.75) is 50.6 Å². The molecule has 1 fully saturated rings. The SMILES string of the molecule is COCCOCCOCCOC(=O)c1ccc(C2CCCC(N[C@H](C)c3cccc4ccccc34)C2)cc1.Cl. The molecule has 212 valence electrons. The number of carbonyl (C=O) groups is 1. The summed E-state index contributed by atoms with van der Waals surface area (Å²) in [6.45, 7) is 4.93. The summed E-state index contributed by atoms with van der Waals surface area (Å²) in [4.78, 5) is 12.4. The average molecular weight is 556 g/mol. The molecular weight excluding hydrogens is 514 g/mol. The van der Waals surface area contributed by atoms with Gasteiger partial charge in [-0.3, -0.25) is 0 Å². The smallest absolute Gasteiger partial charge is 0.338 e. The summed E-state index contributed by atoms with van der Waals surface area (Å²) in [7, 11) is 1.64. The van der Waals surface area contributed by atoms with Crippen molar-refractivity contribution in [1.82, 2.24) is 5.32 Å². The van der Waals surface area contributed by atoms with E-state index in [1.54, 1.807) is 7.11 Å². The Balaban J connectivity index is 0.00000420. The molecule has 1 aliphatic rings. The van der Waals surface area contributed by atoms with Gasteiger partial charge in [-0.05, 0) is 66.1 Å². The molecule has 0 radical (unpaired) electrons. The Bertz CT molecular complexity index is 1130. The van der Waals surface area contributed by atoms with E-state index in [1.807, 2.05) is 12.1 Å². The van der Waals surface area contributed by atoms with Crippen LogP contribution in [0.4, 0.5) is 0 Å². The number of hydrogen-bond acceptors (Lipinski definition) is 6. The molecule has 6 nitrogen and oxygen atoms in total. The molecule has 1 saturated carbocycles. The minimum Gasteiger partial charge on any atom is -0.460 e. The number of hydrogen-bond donors (Lipinski definition) is 1. The summed E-state index contributed by atoms with van der Waals surface area (Å²) >= 11 is 0. The van der Waals surface area contributed by atoms with Gasteiger partial charge in [0.25, 0.3) is 0 Å². The van der Waals surface area contributed by atoms with E-state index in [-0.39, 0.29) is 31.0 Å². The van der Waals surface area contributed by atoms with E-state index in [0.29, 0.717) is 50.6 Å². The summed E-state index contributed by atoms with van der Waals surface area (Å²) in [6.07, 6.45) is 4.67. The maximum atomic E-state index is 12.4. The molecule has 0 heterocycles. The van der Waals surface area contributed by atoms with Gasteiger partial charge in [-0.25, -0.2) is 4.79 Å². The van der Waals surface area contributed by atoms with Gasteiger partial charge in [0, 0.05) is 19.2 Å². The number of carbonyl (C=O) groups excluding carboxylic acids is 1. The maximum Gasteiger partial charge on any atom is 0.338 e. The number of methoxy groups -OCH3 is 1. The Morgan fingerprint density at radius 2 is 1.56 bits per heavy atom. The van der Waals surface area contributed by atoms with Crippen molar-refractivity contribution in [2.24, 2.45) is 0 Å². The molecule has 4 rings (SSSR count). The zero-order chi connectivity index (χ0) is 26.6. The van der Waals surface area contributed by atoms with Gasteiger partial charge in [0.15, 0.2) is 0 Å². The van der Waals surface area contributed by atoms with Crippen LogP contribution in [0.25, 0.3) is 10.8 Å². The lowest BCUT2D eigenvalue weighted by Gasteiger charge is -2.32. The van der Waals surface area contributed by atoms with Crippen molar-refractivity contribution in [3.05, 3.63) is 83.4 Å². The van der Waals surface area contributed by atoms with E-state index in [2.05, 4.69) is 66.8 Å². The zero-order valence-corrected chi connectivity index (χ0v) is 23.9. The Hall–Kier alpha value is -2.48. The lowest BCUT2D eigenvalue weighted by molar-refractivity contribution is 0.00570. The third-order valence-electron chi connectivity index (χ3n) is 7.33. The topological polar surface area (TPSA) is 66.0 Å². The molecule has 2 unspecified atom stereocenters. The Kier molecular flexibility index (Phi) is 13.2. The standard InChI is InChI=1S/C32H41NO5.ClH/c1-24(30-12-6-8-26-7-3-4-11-31(26)30)33-29-10-5-9-28(23-29)25-13-15-27(16-14-25)32(34)38-22-21-37-20-19-36-18-17-35-2;/h3-4,6-8,11-16,24,28-29,33H,5,9-10,17-23H2,1-2H3;1H/t24-,28?,29?;/m1./s1. The fourth-order valence-electron chi connectivity index (χ4n) is 5.35. The summed E-state index contributed by atoms with van der Waals surface area (Å²) in [5.74, 6) is 0.175. The van der Waals surface area contributed by atoms with Gasteiger partial charge in [0.2, 0.25) is 0 Å². The monoisotopic (exact) mass is 555 g/mol. The van der Waals surface area contributed by atoms with E-state index < -0.39 is 0 Å². The molecule has 1 aliphatic carbocycles. The third kappa shape index (κ3) is 9.30. The van der Waals surface area contributed by atoms with Gasteiger partial charge >= 0.3 is 5.97 Å². The van der Waals surface area contributed by atoms with Crippen LogP contribution in [0.3, 0.4) is 0 Å². The predicted molar refractivity (Wildman–Crippen MR) is 158 cm³/mol. The first-order valence-electron chi connectivity index (χ1n) is 13.8. The second kappa shape index (κ2) is 16.6. The first kappa shape index (κ1) is 31.1. The van der Waals surface area contributed by atoms with Gasteiger partial charge < -0.3 is 24.3 Å². The Morgan fingerprint density at radius 3 is 2.33 bits per heavy atom. The van der Waals surface area contributed by atoms with Crippen molar-refractivity contribution in [3.63, 3.8) is 0 Å². The van der Waals surface area contributed by atoms with Crippen LogP contribution in [0.15, 0.2) is 66.7 Å². The van der Waals surface area contributed by atoms with E-state index >= 15 is 0 Å². The van der Waals surface area contributed by atoms with E-state index in [0.717, 1.165) is 6.42 Å². The minimum absolute atomic E-state index is 0. The zero-order valence-electron chi connectivity index (χ0n) is 23.1. The molecule has 1 N–H and O–H groups in total. The number of benzene rings is 3. The summed E-state index contributed by atoms with van der Waals surface area (Å²) < 4.78 is 21.0. The summed E-state index contributed by atoms with van der Waals surface area (Å²) in [6, 6.07) is 23.9. The molecule has 0 aliphatic heterocycles. The molecular formula is C32H42ClNO5. The van der Waals surface area contributed by atoms with Crippen molar-refractivity contribution in [2.75, 3.05) is 46.8 Å². The van der Waals surface area contributed by atoms with Crippen LogP contribution in [0.5, 0.6) is 0 Å². The second-order valence-corrected chi connectivity index (χ2v) is 9.99. The number of esters is 1. The fourth-order valence-corrected chi connectivity index (χ4v) is 5.35. The van der Waals surface area contributed by atoms with Gasteiger partial charge in [0.05, 0.1) is 38.6 Å². The largest absolute Gasteiger partial charge is 0.460 e. The fraction of sp³-hybridized carbons (Fsp3) is 0.469. The lowest BCUT2D eigenvalue weighted by atomic mass is 9.81. The first-order valence-corrected chi connectivity index (χ1v) is 13.8. The lowest BCUT2D eigenvalue weighted by Crippen LogP contribution is -2.35. The molecule has 0 bridgehead atoms. The number of fused-ring (bicyclic) bond motifs is 1. The van der Waals surface area contributed by atoms with Crippen LogP contribution < -0.4 is 5.32 Å². The molecule has 0 amide bonds. The van der Waals surface area contributed by atoms with Crippen LogP contribution in [-0.2, 0) is 18.9 Å². The van der Waals surface area contributed by atoms with Crippen LogP contribution in [-0.4, -0.2) is 58.8 Å². The molecule has 0 saturated heterocycles. The third-order valence-corrected chi connectivity index (χ3v) is 7.33. The van der Waals surface area contributed by atoms with E-state index in [4.69, 9.17) is 18.9 Å². The van der Waals surface area contributed by atoms with Crippen molar-refractivity contribution in [1.29, 1.82) is 0 Å². The number of halogens is 1. The van der Waals surface area contributed by atoms with Gasteiger partial charge in [-0.1, -0.05) is 61.0 Å². The molecule has 0 aromatic heterocycles. The molecule has 3 aromatic rings. The van der Waals surface area contributed by atoms with Crippen LogP contribution in [0.1, 0.15) is 66.1 Å². The second-order valence-electron chi connectivity index (χ2n) is 9.99. The molecule has 0 spiro atoms. The van der Waals surface area contributed by atoms with Crippen LogP contribution in [0, 0.1) is 0 Å². The quantitative estimate of drug-likeness (QED) is 0.181. The number of rotatable bonds is 14. The molecule has 3 atom stereocenters. The highest BCUT2D eigenvalue weighted by molar-refractivity contribution is 5.89. The van der Waals surface area contributed by atoms with Crippen LogP contribution >= 0.6 is 12.4 Å². The molecule has 39 heavy (non-hydrogen) atoms. The Morgan fingerprint density at radius 1 is 0.872 bits per heavy atom. The Labute approximate surface area is 238 Å².